The molecular formula is C117H102F2O6S. The van der Waals surface area contributed by atoms with Crippen LogP contribution in [-0.2, 0) is 0 Å². The van der Waals surface area contributed by atoms with Gasteiger partial charge in [-0.1, -0.05) is 291 Å². The summed E-state index contributed by atoms with van der Waals surface area (Å²) in [5.74, 6) is 0.384. The first-order valence-corrected chi connectivity index (χ1v) is 42.9. The lowest BCUT2D eigenvalue weighted by Gasteiger charge is -2.10. The minimum Gasteiger partial charge on any atom is -0.497 e. The minimum absolute atomic E-state index is 0.233. The number of aldehydes is 5. The molecule has 0 saturated heterocycles. The van der Waals surface area contributed by atoms with E-state index in [1.54, 1.807) is 43.1 Å². The summed E-state index contributed by atoms with van der Waals surface area (Å²) in [7, 11) is 1.67. The van der Waals surface area contributed by atoms with Gasteiger partial charge in [0.15, 0.2) is 0 Å². The summed E-state index contributed by atoms with van der Waals surface area (Å²) < 4.78 is 31.9. The van der Waals surface area contributed by atoms with Crippen LogP contribution in [0.1, 0.15) is 163 Å². The summed E-state index contributed by atoms with van der Waals surface area (Å²) in [6, 6.07) is 100. The molecule has 15 aromatic rings. The molecule has 0 saturated carbocycles. The first-order valence-electron chi connectivity index (χ1n) is 41.6. The van der Waals surface area contributed by atoms with Crippen molar-refractivity contribution in [1.82, 2.24) is 0 Å². The van der Waals surface area contributed by atoms with E-state index >= 15 is 0 Å². The maximum Gasteiger partial charge on any atom is 0.150 e. The van der Waals surface area contributed by atoms with Crippen molar-refractivity contribution in [3.63, 3.8) is 0 Å². The Morgan fingerprint density at radius 3 is 0.746 bits per heavy atom. The van der Waals surface area contributed by atoms with Crippen LogP contribution in [0.5, 0.6) is 5.75 Å². The largest absolute Gasteiger partial charge is 0.497 e. The zero-order valence-electron chi connectivity index (χ0n) is 73.2. The van der Waals surface area contributed by atoms with Gasteiger partial charge in [-0.05, 0) is 321 Å². The van der Waals surface area contributed by atoms with Gasteiger partial charge >= 0.3 is 0 Å². The summed E-state index contributed by atoms with van der Waals surface area (Å²) in [6.07, 6.45) is 27.2. The normalized spacial score (nSPS) is 11.0. The molecule has 15 rings (SSSR count). The Bertz CT molecular complexity index is 6360. The fourth-order valence-electron chi connectivity index (χ4n) is 14.6. The van der Waals surface area contributed by atoms with E-state index in [-0.39, 0.29) is 11.6 Å². The Labute approximate surface area is 745 Å². The maximum atomic E-state index is 13.5. The molecule has 9 heteroatoms. The van der Waals surface area contributed by atoms with Gasteiger partial charge in [0.25, 0.3) is 0 Å². The van der Waals surface area contributed by atoms with Gasteiger partial charge in [-0.15, -0.1) is 11.8 Å². The third-order valence-corrected chi connectivity index (χ3v) is 23.2. The summed E-state index contributed by atoms with van der Waals surface area (Å²) in [6.45, 7) is 20.8. The van der Waals surface area contributed by atoms with Crippen LogP contribution >= 0.6 is 11.8 Å². The van der Waals surface area contributed by atoms with Crippen LogP contribution in [-0.4, -0.2) is 44.8 Å². The van der Waals surface area contributed by atoms with Gasteiger partial charge in [0.2, 0.25) is 0 Å². The second-order valence-corrected chi connectivity index (χ2v) is 31.7. The first kappa shape index (κ1) is 92.1. The molecule has 0 radical (unpaired) electrons. The first-order chi connectivity index (χ1) is 61.1. The Kier molecular flexibility index (Phi) is 33.2. The molecule has 15 aromatic carbocycles. The molecule has 626 valence electrons. The highest BCUT2D eigenvalue weighted by Gasteiger charge is 2.13. The number of carbonyl (C=O) groups is 5. The number of methoxy groups -OCH3 is 1. The monoisotopic (exact) mass is 1670 g/mol. The van der Waals surface area contributed by atoms with Crippen molar-refractivity contribution in [2.24, 2.45) is 0 Å². The zero-order chi connectivity index (χ0) is 89.6. The summed E-state index contributed by atoms with van der Waals surface area (Å²) >= 11 is 1.75. The lowest BCUT2D eigenvalue weighted by molar-refractivity contribution is 0.111. The van der Waals surface area contributed by atoms with Crippen LogP contribution in [0.2, 0.25) is 0 Å². The molecule has 0 atom stereocenters. The number of thioether (sulfide) groups is 1. The molecule has 0 amide bonds. The zero-order valence-corrected chi connectivity index (χ0v) is 74.0. The van der Waals surface area contributed by atoms with E-state index in [0.717, 1.165) is 148 Å². The predicted octanol–water partition coefficient (Wildman–Crippen LogP) is 30.8. The fourth-order valence-corrected chi connectivity index (χ4v) is 15.0. The van der Waals surface area contributed by atoms with Crippen molar-refractivity contribution in [1.29, 1.82) is 0 Å². The number of carbonyl (C=O) groups excluding carboxylic acids is 5. The minimum atomic E-state index is -0.237. The second kappa shape index (κ2) is 45.5. The Balaban J connectivity index is 0.000000153. The van der Waals surface area contributed by atoms with Gasteiger partial charge < -0.3 is 4.74 Å². The summed E-state index contributed by atoms with van der Waals surface area (Å²) in [5.41, 5.74) is 37.3. The molecular weight excluding hydrogens is 1570 g/mol. The summed E-state index contributed by atoms with van der Waals surface area (Å²) in [4.78, 5) is 56.2. The number of benzene rings is 15. The van der Waals surface area contributed by atoms with Crippen molar-refractivity contribution in [2.45, 2.75) is 74.1 Å². The SMILES string of the molecule is COc1ccc(-c2cccc(/C=C/c3cc(C=O)ccc3C)c2C)cc1.CSc1ccc(-c2cccc(/C=C/c3cc(C=O)ccc3C)c2C)cc1.Cc1ccc(C=O)cc1/C=C/c1cccc(-c2ccc(F)cc2)c1C.Cc1ccc(C=O)cc1/C=C/c1cccc(-c2cccc(F)c2)c1C.Cc1ccc(C=O)cc1/C=C/c1cccc(-c2ccccc2)c1C. The Morgan fingerprint density at radius 1 is 0.230 bits per heavy atom. The number of halogens is 2. The second-order valence-electron chi connectivity index (χ2n) is 30.8. The van der Waals surface area contributed by atoms with E-state index < -0.39 is 0 Å². The van der Waals surface area contributed by atoms with Crippen LogP contribution in [0, 0.1) is 80.9 Å². The number of ether oxygens (including phenoxy) is 1. The predicted molar refractivity (Wildman–Crippen MR) is 529 cm³/mol. The van der Waals surface area contributed by atoms with E-state index in [4.69, 9.17) is 4.74 Å². The van der Waals surface area contributed by atoms with Gasteiger partial charge in [0.1, 0.15) is 48.8 Å². The molecule has 6 nitrogen and oxygen atoms in total. The van der Waals surface area contributed by atoms with E-state index in [0.29, 0.717) is 27.8 Å². The Hall–Kier alpha value is -14.6. The van der Waals surface area contributed by atoms with Crippen molar-refractivity contribution in [3.8, 4) is 61.4 Å². The number of aryl methyl sites for hydroxylation is 5. The van der Waals surface area contributed by atoms with Crippen molar-refractivity contribution >= 4 is 104 Å². The van der Waals surface area contributed by atoms with Gasteiger partial charge in [0, 0.05) is 32.7 Å². The molecule has 0 bridgehead atoms. The molecule has 0 aliphatic carbocycles. The van der Waals surface area contributed by atoms with E-state index in [1.807, 2.05) is 185 Å². The fraction of sp³-hybridized carbons (Fsp3) is 0.103. The molecule has 0 unspecified atom stereocenters. The number of hydrogen-bond donors (Lipinski definition) is 0. The van der Waals surface area contributed by atoms with Crippen LogP contribution < -0.4 is 4.74 Å². The van der Waals surface area contributed by atoms with Gasteiger partial charge in [-0.2, -0.15) is 0 Å². The van der Waals surface area contributed by atoms with Crippen LogP contribution in [0.15, 0.2) is 314 Å². The number of rotatable bonds is 22. The van der Waals surface area contributed by atoms with Gasteiger partial charge in [-0.25, -0.2) is 8.78 Å². The molecule has 0 fully saturated rings. The van der Waals surface area contributed by atoms with Crippen LogP contribution in [0.25, 0.3) is 116 Å². The molecule has 0 heterocycles. The van der Waals surface area contributed by atoms with Crippen molar-refractivity contribution < 1.29 is 37.5 Å². The van der Waals surface area contributed by atoms with Gasteiger partial charge in [0.05, 0.1) is 7.11 Å². The highest BCUT2D eigenvalue weighted by atomic mass is 32.2. The highest BCUT2D eigenvalue weighted by Crippen LogP contribution is 2.35. The highest BCUT2D eigenvalue weighted by molar-refractivity contribution is 7.98. The maximum absolute atomic E-state index is 13.5. The third-order valence-electron chi connectivity index (χ3n) is 22.5. The standard InChI is InChI=1S/C24H22O2.C24H22OS.2C23H19FO.C23H20O/c2*1-17-7-8-19(16-25)15-22(17)10-9-20-5-4-6-24(18(20)2)21-11-13-23(26-3)14-12-21;1-16-9-10-18(15-25)13-20(16)12-11-19-5-4-8-23(17(19)2)21-6-3-7-22(24)14-21;1-16-6-7-18(15-25)14-21(16)9-8-19-4-3-5-23(17(19)2)20-10-12-22(24)13-11-20;1-17-11-12-19(16-24)15-22(17)14-13-20-9-6-10-23(18(20)2)21-7-4-3-5-8-21/h2*4-16H,1-3H3;2*3-15H,1-2H3;3-16H,1-2H3/b2*10-9+;12-11+;9-8+;14-13+. The average molecular weight is 1670 g/mol. The molecule has 0 aliphatic rings. The van der Waals surface area contributed by atoms with E-state index in [1.165, 1.54) is 78.7 Å². The van der Waals surface area contributed by atoms with Gasteiger partial charge in [-0.3, -0.25) is 24.0 Å². The Morgan fingerprint density at radius 2 is 0.476 bits per heavy atom. The molecule has 126 heavy (non-hydrogen) atoms. The molecule has 0 N–H and O–H groups in total. The van der Waals surface area contributed by atoms with Crippen molar-refractivity contribution in [3.05, 3.63) is 460 Å². The lowest BCUT2D eigenvalue weighted by atomic mass is 9.95. The van der Waals surface area contributed by atoms with Crippen molar-refractivity contribution in [2.75, 3.05) is 13.4 Å². The lowest BCUT2D eigenvalue weighted by Crippen LogP contribution is -1.89. The smallest absolute Gasteiger partial charge is 0.150 e. The quantitative estimate of drug-likeness (QED) is 0.0379. The molecule has 0 spiro atoms. The summed E-state index contributed by atoms with van der Waals surface area (Å²) in [5, 5.41) is 0. The van der Waals surface area contributed by atoms with E-state index in [2.05, 4.69) is 219 Å². The van der Waals surface area contributed by atoms with Crippen LogP contribution in [0.3, 0.4) is 0 Å². The van der Waals surface area contributed by atoms with Crippen LogP contribution in [0.4, 0.5) is 8.78 Å². The number of hydrogen-bond acceptors (Lipinski definition) is 7. The molecule has 0 aliphatic heterocycles. The molecule has 0 aromatic heterocycles. The average Bonchev–Trinajstić information content (AvgIpc) is 0.820. The topological polar surface area (TPSA) is 94.6 Å². The third kappa shape index (κ3) is 24.8. The van der Waals surface area contributed by atoms with E-state index in [9.17, 15) is 32.8 Å².